The molecule has 0 saturated heterocycles. The summed E-state index contributed by atoms with van der Waals surface area (Å²) in [4.78, 5) is 18.2. The molecular formula is C28H37F3N4OS. The van der Waals surface area contributed by atoms with E-state index in [-0.39, 0.29) is 17.9 Å². The molecule has 1 atom stereocenters. The fourth-order valence-electron chi connectivity index (χ4n) is 4.74. The summed E-state index contributed by atoms with van der Waals surface area (Å²) in [6.07, 6.45) is -0.418. The predicted octanol–water partition coefficient (Wildman–Crippen LogP) is 6.51. The third-order valence-electron chi connectivity index (χ3n) is 7.13. The van der Waals surface area contributed by atoms with Crippen molar-refractivity contribution in [1.29, 1.82) is 0 Å². The molecule has 0 spiro atoms. The molecule has 1 N–H and O–H groups in total. The van der Waals surface area contributed by atoms with E-state index < -0.39 is 12.7 Å². The fraction of sp³-hybridized carbons (Fsp3) is 0.536. The van der Waals surface area contributed by atoms with Gasteiger partial charge in [0, 0.05) is 35.0 Å². The van der Waals surface area contributed by atoms with E-state index in [2.05, 4.69) is 36.0 Å². The Labute approximate surface area is 221 Å². The van der Waals surface area contributed by atoms with E-state index in [1.54, 1.807) is 6.07 Å². The lowest BCUT2D eigenvalue weighted by Crippen LogP contribution is -2.33. The number of fused-ring (bicyclic) bond motifs is 1. The van der Waals surface area contributed by atoms with Crippen LogP contribution in [0.3, 0.4) is 0 Å². The second-order valence-corrected chi connectivity index (χ2v) is 11.4. The van der Waals surface area contributed by atoms with E-state index in [9.17, 15) is 18.0 Å². The van der Waals surface area contributed by atoms with Crippen molar-refractivity contribution in [3.8, 4) is 10.6 Å². The fourth-order valence-corrected chi connectivity index (χ4v) is 5.71. The normalized spacial score (nSPS) is 14.9. The van der Waals surface area contributed by atoms with Crippen LogP contribution in [-0.4, -0.2) is 54.8 Å². The number of rotatable bonds is 12. The van der Waals surface area contributed by atoms with Gasteiger partial charge in [-0.3, -0.25) is 4.79 Å². The lowest BCUT2D eigenvalue weighted by Gasteiger charge is -2.29. The van der Waals surface area contributed by atoms with E-state index in [1.165, 1.54) is 15.9 Å². The van der Waals surface area contributed by atoms with Crippen molar-refractivity contribution < 1.29 is 18.0 Å². The minimum absolute atomic E-state index is 0.0591. The lowest BCUT2D eigenvalue weighted by molar-refractivity contribution is -0.139. The molecule has 0 aliphatic heterocycles. The highest BCUT2D eigenvalue weighted by Gasteiger charge is 2.31. The highest BCUT2D eigenvalue weighted by Crippen LogP contribution is 2.39. The molecule has 0 radical (unpaired) electrons. The Balaban J connectivity index is 1.63. The second-order valence-electron chi connectivity index (χ2n) is 10.3. The monoisotopic (exact) mass is 534 g/mol. The summed E-state index contributed by atoms with van der Waals surface area (Å²) in [5.74, 6) is 0.183. The first-order chi connectivity index (χ1) is 17.6. The molecule has 2 aromatic heterocycles. The predicted molar refractivity (Wildman–Crippen MR) is 146 cm³/mol. The Morgan fingerprint density at radius 2 is 1.95 bits per heavy atom. The molecule has 9 heteroatoms. The first-order valence-corrected chi connectivity index (χ1v) is 13.9. The van der Waals surface area contributed by atoms with Crippen LogP contribution in [0.25, 0.3) is 21.5 Å². The average Bonchev–Trinajstić information content (AvgIpc) is 3.50. The maximum atomic E-state index is 13.7. The molecule has 0 bridgehead atoms. The molecule has 202 valence electrons. The van der Waals surface area contributed by atoms with E-state index in [0.29, 0.717) is 17.8 Å². The van der Waals surface area contributed by atoms with Gasteiger partial charge in [-0.1, -0.05) is 13.0 Å². The summed E-state index contributed by atoms with van der Waals surface area (Å²) >= 11 is 1.43. The van der Waals surface area contributed by atoms with Crippen molar-refractivity contribution in [1.82, 2.24) is 14.8 Å². The van der Waals surface area contributed by atoms with Crippen LogP contribution < -0.4 is 10.2 Å². The number of carbonyl (C=O) groups is 1. The van der Waals surface area contributed by atoms with Gasteiger partial charge >= 0.3 is 6.18 Å². The zero-order valence-corrected chi connectivity index (χ0v) is 22.9. The number of alkyl halides is 3. The van der Waals surface area contributed by atoms with Gasteiger partial charge in [-0.15, -0.1) is 11.3 Å². The Kier molecular flexibility index (Phi) is 8.53. The largest absolute Gasteiger partial charge is 0.406 e. The summed E-state index contributed by atoms with van der Waals surface area (Å²) in [5.41, 5.74) is 2.05. The number of anilines is 1. The number of aromatic nitrogens is 1. The molecule has 1 fully saturated rings. The molecule has 2 heterocycles. The second kappa shape index (κ2) is 11.5. The van der Waals surface area contributed by atoms with Gasteiger partial charge in [0.15, 0.2) is 0 Å². The molecular weight excluding hydrogens is 497 g/mol. The van der Waals surface area contributed by atoms with Gasteiger partial charge in [0.2, 0.25) is 5.91 Å². The summed E-state index contributed by atoms with van der Waals surface area (Å²) in [5, 5.41) is 3.76. The third-order valence-corrected chi connectivity index (χ3v) is 8.24. The van der Waals surface area contributed by atoms with Crippen LogP contribution >= 0.6 is 11.3 Å². The number of hydrogen-bond donors (Lipinski definition) is 1. The average molecular weight is 535 g/mol. The number of nitrogens with zero attached hydrogens (tertiary/aromatic N) is 3. The summed E-state index contributed by atoms with van der Waals surface area (Å²) in [6.45, 7) is 5.68. The number of hydrogen-bond acceptors (Lipinski definition) is 4. The Hall–Kier alpha value is -2.52. The van der Waals surface area contributed by atoms with Gasteiger partial charge in [-0.25, -0.2) is 0 Å². The van der Waals surface area contributed by atoms with Crippen LogP contribution in [0.2, 0.25) is 0 Å². The summed E-state index contributed by atoms with van der Waals surface area (Å²) in [7, 11) is 4.14. The molecule has 1 saturated carbocycles. The molecule has 4 rings (SSSR count). The quantitative estimate of drug-likeness (QED) is 0.288. The molecule has 37 heavy (non-hydrogen) atoms. The standard InChI is InChI=1S/C28H37F3N4OS/c1-5-14-33(3)15-13-19(2)34(4)23-7-6-8-24-22(23)16-25(35(24)18-28(29,30)31)26-12-11-21(37-26)17-32-27(36)20-9-10-20/h6-8,11-12,16,19-20H,5,9-10,13-15,17-18H2,1-4H3,(H,32,36). The molecule has 1 aliphatic rings. The van der Waals surface area contributed by atoms with Gasteiger partial charge in [0.1, 0.15) is 6.54 Å². The summed E-state index contributed by atoms with van der Waals surface area (Å²) in [6, 6.07) is 11.5. The zero-order valence-electron chi connectivity index (χ0n) is 22.1. The Bertz CT molecular complexity index is 1210. The van der Waals surface area contributed by atoms with Gasteiger partial charge in [0.25, 0.3) is 0 Å². The topological polar surface area (TPSA) is 40.5 Å². The number of benzene rings is 1. The van der Waals surface area contributed by atoms with E-state index in [4.69, 9.17) is 0 Å². The molecule has 3 aromatic rings. The molecule has 1 amide bonds. The highest BCUT2D eigenvalue weighted by atomic mass is 32.1. The van der Waals surface area contributed by atoms with Crippen LogP contribution in [0.1, 0.15) is 44.4 Å². The lowest BCUT2D eigenvalue weighted by atomic mass is 10.1. The molecule has 1 aliphatic carbocycles. The van der Waals surface area contributed by atoms with Crippen molar-refractivity contribution in [2.45, 2.75) is 64.8 Å². The van der Waals surface area contributed by atoms with E-state index in [1.807, 2.05) is 37.4 Å². The summed E-state index contributed by atoms with van der Waals surface area (Å²) < 4.78 is 42.4. The first kappa shape index (κ1) is 27.5. The van der Waals surface area contributed by atoms with Crippen molar-refractivity contribution >= 4 is 33.8 Å². The maximum absolute atomic E-state index is 13.7. The SMILES string of the molecule is CCCN(C)CCC(C)N(C)c1cccc2c1cc(-c1ccc(CNC(=O)C3CC3)s1)n2CC(F)(F)F. The number of amides is 1. The highest BCUT2D eigenvalue weighted by molar-refractivity contribution is 7.15. The molecule has 1 aromatic carbocycles. The van der Waals surface area contributed by atoms with Gasteiger partial charge in [-0.2, -0.15) is 13.2 Å². The number of halogens is 3. The van der Waals surface area contributed by atoms with Gasteiger partial charge in [0.05, 0.1) is 22.6 Å². The van der Waals surface area contributed by atoms with Crippen LogP contribution in [0.5, 0.6) is 0 Å². The van der Waals surface area contributed by atoms with E-state index >= 15 is 0 Å². The minimum Gasteiger partial charge on any atom is -0.371 e. The smallest absolute Gasteiger partial charge is 0.371 e. The van der Waals surface area contributed by atoms with Crippen molar-refractivity contribution in [2.75, 3.05) is 32.1 Å². The number of thiophene rings is 1. The number of nitrogens with one attached hydrogen (secondary N) is 1. The first-order valence-electron chi connectivity index (χ1n) is 13.0. The third kappa shape index (κ3) is 6.87. The number of carbonyl (C=O) groups excluding carboxylic acids is 1. The zero-order chi connectivity index (χ0) is 26.7. The van der Waals surface area contributed by atoms with Crippen LogP contribution in [0.4, 0.5) is 18.9 Å². The minimum atomic E-state index is -4.35. The van der Waals surface area contributed by atoms with Gasteiger partial charge in [-0.05, 0) is 83.1 Å². The van der Waals surface area contributed by atoms with Gasteiger partial charge < -0.3 is 19.7 Å². The van der Waals surface area contributed by atoms with Crippen LogP contribution in [-0.2, 0) is 17.9 Å². The Morgan fingerprint density at radius 3 is 2.62 bits per heavy atom. The molecule has 1 unspecified atom stereocenters. The maximum Gasteiger partial charge on any atom is 0.406 e. The van der Waals surface area contributed by atoms with Crippen LogP contribution in [0, 0.1) is 5.92 Å². The Morgan fingerprint density at radius 1 is 1.19 bits per heavy atom. The van der Waals surface area contributed by atoms with Crippen molar-refractivity contribution in [3.05, 3.63) is 41.3 Å². The van der Waals surface area contributed by atoms with Crippen LogP contribution in [0.15, 0.2) is 36.4 Å². The van der Waals surface area contributed by atoms with Crippen molar-refractivity contribution in [3.63, 3.8) is 0 Å². The van der Waals surface area contributed by atoms with Crippen molar-refractivity contribution in [2.24, 2.45) is 5.92 Å². The van der Waals surface area contributed by atoms with E-state index in [0.717, 1.165) is 59.6 Å². The molecule has 5 nitrogen and oxygen atoms in total.